The zero-order chi connectivity index (χ0) is 16.5. The predicted molar refractivity (Wildman–Crippen MR) is 94.6 cm³/mol. The molecule has 3 aliphatic rings. The third-order valence-corrected chi connectivity index (χ3v) is 6.70. The van der Waals surface area contributed by atoms with E-state index < -0.39 is 0 Å². The second-order valence-corrected chi connectivity index (χ2v) is 8.23. The third-order valence-electron chi connectivity index (χ3n) is 5.47. The Morgan fingerprint density at radius 3 is 2.88 bits per heavy atom. The van der Waals surface area contributed by atoms with E-state index >= 15 is 0 Å². The van der Waals surface area contributed by atoms with Crippen LogP contribution < -0.4 is 5.32 Å². The third kappa shape index (κ3) is 3.04. The summed E-state index contributed by atoms with van der Waals surface area (Å²) < 4.78 is 0. The van der Waals surface area contributed by atoms with Gasteiger partial charge in [0.25, 0.3) is 5.91 Å². The van der Waals surface area contributed by atoms with Crippen LogP contribution in [-0.2, 0) is 12.8 Å². The van der Waals surface area contributed by atoms with E-state index in [1.165, 1.54) is 29.7 Å². The first-order chi connectivity index (χ1) is 11.7. The maximum absolute atomic E-state index is 13.0. The minimum atomic E-state index is 0.0251. The standard InChI is InChI=1S/C18H25N3O2S/c22-17(16-11-13-5-2-1-3-7-15(13)24-16)20-9-4-6-14(12-20)21-10-8-19-18(21)23/h11,14H,1-10,12H2,(H,19,23). The number of likely N-dealkylation sites (tertiary alicyclic amines) is 1. The highest BCUT2D eigenvalue weighted by Gasteiger charge is 2.33. The molecular formula is C18H25N3O2S. The number of rotatable bonds is 2. The number of amides is 3. The zero-order valence-electron chi connectivity index (χ0n) is 14.1. The molecule has 2 fully saturated rings. The second-order valence-electron chi connectivity index (χ2n) is 7.09. The summed E-state index contributed by atoms with van der Waals surface area (Å²) in [6.07, 6.45) is 8.02. The molecule has 0 saturated carbocycles. The van der Waals surface area contributed by atoms with Crippen molar-refractivity contribution in [1.82, 2.24) is 15.1 Å². The SMILES string of the molecule is O=C(c1cc2c(s1)CCCCC2)N1CCCC(N2CCNC2=O)C1. The van der Waals surface area contributed by atoms with Crippen molar-refractivity contribution in [3.8, 4) is 0 Å². The fourth-order valence-corrected chi connectivity index (χ4v) is 5.38. The Morgan fingerprint density at radius 1 is 1.17 bits per heavy atom. The smallest absolute Gasteiger partial charge is 0.317 e. The van der Waals surface area contributed by atoms with Crippen molar-refractivity contribution in [1.29, 1.82) is 0 Å². The minimum absolute atomic E-state index is 0.0251. The predicted octanol–water partition coefficient (Wildman–Crippen LogP) is 2.65. The molecule has 6 heteroatoms. The molecule has 1 aromatic heterocycles. The van der Waals surface area contributed by atoms with Crippen molar-refractivity contribution in [3.05, 3.63) is 21.4 Å². The number of carbonyl (C=O) groups is 2. The van der Waals surface area contributed by atoms with E-state index in [-0.39, 0.29) is 18.0 Å². The Morgan fingerprint density at radius 2 is 2.04 bits per heavy atom. The molecule has 0 spiro atoms. The Labute approximate surface area is 147 Å². The van der Waals surface area contributed by atoms with Crippen LogP contribution >= 0.6 is 11.3 Å². The Bertz CT molecular complexity index is 619. The number of urea groups is 1. The molecule has 1 N–H and O–H groups in total. The molecule has 0 bridgehead atoms. The van der Waals surface area contributed by atoms with Gasteiger partial charge in [0.15, 0.2) is 0 Å². The topological polar surface area (TPSA) is 52.7 Å². The molecule has 0 aromatic carbocycles. The van der Waals surface area contributed by atoms with Crippen LogP contribution in [0.2, 0.25) is 0 Å². The number of hydrogen-bond acceptors (Lipinski definition) is 3. The summed E-state index contributed by atoms with van der Waals surface area (Å²) in [4.78, 5) is 31.0. The largest absolute Gasteiger partial charge is 0.336 e. The van der Waals surface area contributed by atoms with Gasteiger partial charge in [-0.2, -0.15) is 0 Å². The summed E-state index contributed by atoms with van der Waals surface area (Å²) in [6.45, 7) is 2.97. The number of carbonyl (C=O) groups excluding carboxylic acids is 2. The fraction of sp³-hybridized carbons (Fsp3) is 0.667. The van der Waals surface area contributed by atoms with Gasteiger partial charge in [-0.15, -0.1) is 11.3 Å². The monoisotopic (exact) mass is 347 g/mol. The number of nitrogens with one attached hydrogen (secondary N) is 1. The molecule has 1 unspecified atom stereocenters. The number of piperidine rings is 1. The molecule has 3 amide bonds. The second kappa shape index (κ2) is 6.75. The van der Waals surface area contributed by atoms with Crippen molar-refractivity contribution < 1.29 is 9.59 Å². The van der Waals surface area contributed by atoms with Crippen molar-refractivity contribution in [2.24, 2.45) is 0 Å². The first-order valence-corrected chi connectivity index (χ1v) is 9.99. The van der Waals surface area contributed by atoms with Gasteiger partial charge in [0, 0.05) is 31.1 Å². The van der Waals surface area contributed by atoms with E-state index in [1.54, 1.807) is 11.3 Å². The van der Waals surface area contributed by atoms with Gasteiger partial charge in [-0.3, -0.25) is 4.79 Å². The van der Waals surface area contributed by atoms with Gasteiger partial charge in [-0.05, 0) is 50.2 Å². The lowest BCUT2D eigenvalue weighted by atomic mass is 10.0. The molecule has 5 nitrogen and oxygen atoms in total. The molecule has 1 atom stereocenters. The summed E-state index contributed by atoms with van der Waals surface area (Å²) in [5.74, 6) is 0.164. The molecule has 0 radical (unpaired) electrons. The normalized spacial score (nSPS) is 24.5. The molecule has 24 heavy (non-hydrogen) atoms. The van der Waals surface area contributed by atoms with Crippen LogP contribution in [0.1, 0.15) is 52.2 Å². The lowest BCUT2D eigenvalue weighted by Crippen LogP contribution is -2.50. The lowest BCUT2D eigenvalue weighted by molar-refractivity contribution is 0.0639. The summed E-state index contributed by atoms with van der Waals surface area (Å²) >= 11 is 1.70. The first kappa shape index (κ1) is 15.9. The highest BCUT2D eigenvalue weighted by molar-refractivity contribution is 7.14. The minimum Gasteiger partial charge on any atom is -0.336 e. The van der Waals surface area contributed by atoms with E-state index in [4.69, 9.17) is 0 Å². The maximum atomic E-state index is 13.0. The van der Waals surface area contributed by atoms with Gasteiger partial charge in [0.1, 0.15) is 0 Å². The molecule has 4 rings (SSSR count). The van der Waals surface area contributed by atoms with Gasteiger partial charge in [0.2, 0.25) is 0 Å². The Kier molecular flexibility index (Phi) is 4.48. The molecule has 2 aliphatic heterocycles. The van der Waals surface area contributed by atoms with Crippen LogP contribution in [0.15, 0.2) is 6.07 Å². The number of nitrogens with zero attached hydrogens (tertiary/aromatic N) is 2. The summed E-state index contributed by atoms with van der Waals surface area (Å²) in [5, 5.41) is 2.87. The quantitative estimate of drug-likeness (QED) is 0.836. The summed E-state index contributed by atoms with van der Waals surface area (Å²) in [7, 11) is 0. The summed E-state index contributed by atoms with van der Waals surface area (Å²) in [5.41, 5.74) is 1.40. The van der Waals surface area contributed by atoms with Crippen LogP contribution in [0.4, 0.5) is 4.79 Å². The first-order valence-electron chi connectivity index (χ1n) is 9.18. The summed E-state index contributed by atoms with van der Waals surface area (Å²) in [6, 6.07) is 2.33. The molecular weight excluding hydrogens is 322 g/mol. The molecule has 2 saturated heterocycles. The number of aryl methyl sites for hydroxylation is 2. The zero-order valence-corrected chi connectivity index (χ0v) is 14.9. The van der Waals surface area contributed by atoms with Gasteiger partial charge >= 0.3 is 6.03 Å². The van der Waals surface area contributed by atoms with Crippen LogP contribution in [0, 0.1) is 0 Å². The van der Waals surface area contributed by atoms with Gasteiger partial charge < -0.3 is 15.1 Å². The number of hydrogen-bond donors (Lipinski definition) is 1. The van der Waals surface area contributed by atoms with E-state index in [9.17, 15) is 9.59 Å². The van der Waals surface area contributed by atoms with Crippen molar-refractivity contribution in [3.63, 3.8) is 0 Å². The average Bonchev–Trinajstić information content (AvgIpc) is 3.15. The van der Waals surface area contributed by atoms with Gasteiger partial charge in [-0.1, -0.05) is 6.42 Å². The molecule has 1 aromatic rings. The van der Waals surface area contributed by atoms with Crippen molar-refractivity contribution >= 4 is 23.3 Å². The van der Waals surface area contributed by atoms with Crippen LogP contribution in [0.25, 0.3) is 0 Å². The van der Waals surface area contributed by atoms with Crippen LogP contribution in [-0.4, -0.2) is 54.0 Å². The molecule has 1 aliphatic carbocycles. The van der Waals surface area contributed by atoms with Crippen molar-refractivity contribution in [2.45, 2.75) is 51.0 Å². The highest BCUT2D eigenvalue weighted by atomic mass is 32.1. The van der Waals surface area contributed by atoms with Crippen LogP contribution in [0.5, 0.6) is 0 Å². The Hall–Kier alpha value is -1.56. The highest BCUT2D eigenvalue weighted by Crippen LogP contribution is 2.30. The maximum Gasteiger partial charge on any atom is 0.317 e. The van der Waals surface area contributed by atoms with E-state index in [0.717, 1.165) is 50.2 Å². The Balaban J connectivity index is 1.47. The van der Waals surface area contributed by atoms with Gasteiger partial charge in [0.05, 0.1) is 10.9 Å². The molecule has 130 valence electrons. The molecule has 3 heterocycles. The van der Waals surface area contributed by atoms with E-state index in [0.29, 0.717) is 6.54 Å². The number of fused-ring (bicyclic) bond motifs is 1. The van der Waals surface area contributed by atoms with E-state index in [1.807, 2.05) is 9.80 Å². The van der Waals surface area contributed by atoms with Crippen molar-refractivity contribution in [2.75, 3.05) is 26.2 Å². The van der Waals surface area contributed by atoms with Crippen LogP contribution in [0.3, 0.4) is 0 Å². The number of thiophene rings is 1. The fourth-order valence-electron chi connectivity index (χ4n) is 4.16. The van der Waals surface area contributed by atoms with Gasteiger partial charge in [-0.25, -0.2) is 4.79 Å². The van der Waals surface area contributed by atoms with E-state index in [2.05, 4.69) is 11.4 Å². The average molecular weight is 347 g/mol. The lowest BCUT2D eigenvalue weighted by Gasteiger charge is -2.36.